The molecule has 2 N–H and O–H groups in total. The zero-order valence-corrected chi connectivity index (χ0v) is 13.8. The van der Waals surface area contributed by atoms with E-state index in [1.54, 1.807) is 7.11 Å². The summed E-state index contributed by atoms with van der Waals surface area (Å²) in [4.78, 5) is 12.7. The summed E-state index contributed by atoms with van der Waals surface area (Å²) < 4.78 is 11.2. The van der Waals surface area contributed by atoms with Gasteiger partial charge in [-0.25, -0.2) is 0 Å². The first-order valence-corrected chi connectivity index (χ1v) is 8.11. The molecular weight excluding hydrogens is 292 g/mol. The van der Waals surface area contributed by atoms with E-state index >= 15 is 0 Å². The summed E-state index contributed by atoms with van der Waals surface area (Å²) in [5.74, 6) is 0.877. The predicted octanol–water partition coefficient (Wildman–Crippen LogP) is 2.37. The maximum atomic E-state index is 12.7. The summed E-state index contributed by atoms with van der Waals surface area (Å²) in [6, 6.07) is 7.94. The molecule has 2 aromatic rings. The lowest BCUT2D eigenvalue weighted by Crippen LogP contribution is -2.49. The molecule has 124 valence electrons. The summed E-state index contributed by atoms with van der Waals surface area (Å²) >= 11 is 0. The van der Waals surface area contributed by atoms with Crippen molar-refractivity contribution in [2.75, 3.05) is 26.8 Å². The smallest absolute Gasteiger partial charge is 0.229 e. The molecule has 1 aliphatic heterocycles. The fourth-order valence-electron chi connectivity index (χ4n) is 3.36. The minimum atomic E-state index is -0.431. The highest BCUT2D eigenvalue weighted by atomic mass is 16.5. The van der Waals surface area contributed by atoms with Crippen molar-refractivity contribution in [2.45, 2.75) is 26.3 Å². The number of ether oxygens (including phenoxy) is 1. The molecule has 0 saturated carbocycles. The van der Waals surface area contributed by atoms with Gasteiger partial charge in [0.2, 0.25) is 5.91 Å². The first-order chi connectivity index (χ1) is 11.2. The van der Waals surface area contributed by atoms with E-state index < -0.39 is 5.41 Å². The lowest BCUT2D eigenvalue weighted by atomic mass is 9.78. The van der Waals surface area contributed by atoms with E-state index in [1.807, 2.05) is 31.2 Å². The molecule has 3 rings (SSSR count). The molecule has 0 spiro atoms. The van der Waals surface area contributed by atoms with Crippen molar-refractivity contribution < 1.29 is 13.9 Å². The number of rotatable bonds is 5. The summed E-state index contributed by atoms with van der Waals surface area (Å²) in [6.45, 7) is 4.60. The van der Waals surface area contributed by atoms with Crippen LogP contribution < -0.4 is 10.6 Å². The van der Waals surface area contributed by atoms with Gasteiger partial charge in [-0.2, -0.15) is 0 Å². The van der Waals surface area contributed by atoms with Gasteiger partial charge >= 0.3 is 0 Å². The normalized spacial score (nSPS) is 17.3. The molecule has 0 bridgehead atoms. The van der Waals surface area contributed by atoms with Crippen LogP contribution in [0.15, 0.2) is 28.7 Å². The quantitative estimate of drug-likeness (QED) is 0.889. The largest absolute Gasteiger partial charge is 0.459 e. The Morgan fingerprint density at radius 1 is 1.35 bits per heavy atom. The van der Waals surface area contributed by atoms with Crippen LogP contribution in [0.4, 0.5) is 0 Å². The van der Waals surface area contributed by atoms with Gasteiger partial charge in [0.15, 0.2) is 0 Å². The molecule has 5 nitrogen and oxygen atoms in total. The number of carbonyl (C=O) groups is 1. The van der Waals surface area contributed by atoms with E-state index in [0.717, 1.165) is 48.2 Å². The van der Waals surface area contributed by atoms with E-state index in [1.165, 1.54) is 0 Å². The average Bonchev–Trinajstić information content (AvgIpc) is 2.90. The molecule has 2 heterocycles. The van der Waals surface area contributed by atoms with Crippen LogP contribution in [0.3, 0.4) is 0 Å². The van der Waals surface area contributed by atoms with E-state index in [4.69, 9.17) is 9.15 Å². The topological polar surface area (TPSA) is 63.5 Å². The monoisotopic (exact) mass is 316 g/mol. The number of furan rings is 1. The maximum absolute atomic E-state index is 12.7. The molecule has 5 heteroatoms. The zero-order valence-electron chi connectivity index (χ0n) is 13.8. The number of amides is 1. The highest BCUT2D eigenvalue weighted by Gasteiger charge is 2.39. The number of aryl methyl sites for hydroxylation is 1. The van der Waals surface area contributed by atoms with Crippen molar-refractivity contribution in [2.24, 2.45) is 5.41 Å². The number of hydrogen-bond acceptors (Lipinski definition) is 4. The number of para-hydroxylation sites is 1. The van der Waals surface area contributed by atoms with Gasteiger partial charge in [0.1, 0.15) is 11.3 Å². The first kappa shape index (κ1) is 16.0. The number of benzene rings is 1. The zero-order chi connectivity index (χ0) is 16.3. The van der Waals surface area contributed by atoms with E-state index in [2.05, 4.69) is 10.6 Å². The lowest BCUT2D eigenvalue weighted by Gasteiger charge is -2.35. The SMILES string of the molecule is COCC1(C(=O)NCc2oc3ccccc3c2C)CCNCC1. The van der Waals surface area contributed by atoms with E-state index in [-0.39, 0.29) is 5.91 Å². The third-order valence-corrected chi connectivity index (χ3v) is 4.81. The predicted molar refractivity (Wildman–Crippen MR) is 89.2 cm³/mol. The van der Waals surface area contributed by atoms with Gasteiger partial charge < -0.3 is 19.8 Å². The molecule has 1 aromatic heterocycles. The number of carbonyl (C=O) groups excluding carboxylic acids is 1. The fraction of sp³-hybridized carbons (Fsp3) is 0.500. The van der Waals surface area contributed by atoms with Crippen molar-refractivity contribution in [3.05, 3.63) is 35.6 Å². The Kier molecular flexibility index (Phi) is 4.68. The molecule has 1 aliphatic rings. The Hall–Kier alpha value is -1.85. The first-order valence-electron chi connectivity index (χ1n) is 8.11. The highest BCUT2D eigenvalue weighted by Crippen LogP contribution is 2.30. The van der Waals surface area contributed by atoms with Gasteiger partial charge in [-0.1, -0.05) is 18.2 Å². The van der Waals surface area contributed by atoms with Crippen molar-refractivity contribution in [3.63, 3.8) is 0 Å². The fourth-order valence-corrected chi connectivity index (χ4v) is 3.36. The standard InChI is InChI=1S/C18H24N2O3/c1-13-14-5-3-4-6-15(14)23-16(13)11-20-17(21)18(12-22-2)7-9-19-10-8-18/h3-6,19H,7-12H2,1-2H3,(H,20,21). The van der Waals surface area contributed by atoms with Gasteiger partial charge in [-0.05, 0) is 38.9 Å². The Bertz CT molecular complexity index is 681. The molecule has 1 fully saturated rings. The Balaban J connectivity index is 1.73. The second-order valence-corrected chi connectivity index (χ2v) is 6.29. The van der Waals surface area contributed by atoms with Gasteiger partial charge in [-0.15, -0.1) is 0 Å². The Morgan fingerprint density at radius 3 is 2.78 bits per heavy atom. The summed E-state index contributed by atoms with van der Waals surface area (Å²) in [6.07, 6.45) is 1.59. The lowest BCUT2D eigenvalue weighted by molar-refractivity contribution is -0.136. The minimum absolute atomic E-state index is 0.0562. The number of nitrogens with one attached hydrogen (secondary N) is 2. The molecule has 23 heavy (non-hydrogen) atoms. The van der Waals surface area contributed by atoms with Crippen LogP contribution in [0.1, 0.15) is 24.2 Å². The van der Waals surface area contributed by atoms with Gasteiger partial charge in [-0.3, -0.25) is 4.79 Å². The summed E-state index contributed by atoms with van der Waals surface area (Å²) in [5, 5.41) is 7.46. The number of piperidine rings is 1. The molecule has 0 radical (unpaired) electrons. The van der Waals surface area contributed by atoms with Crippen molar-refractivity contribution >= 4 is 16.9 Å². The van der Waals surface area contributed by atoms with Crippen molar-refractivity contribution in [3.8, 4) is 0 Å². The van der Waals surface area contributed by atoms with E-state index in [9.17, 15) is 4.79 Å². The number of hydrogen-bond donors (Lipinski definition) is 2. The van der Waals surface area contributed by atoms with Gasteiger partial charge in [0, 0.05) is 18.1 Å². The second kappa shape index (κ2) is 6.72. The molecule has 1 saturated heterocycles. The molecular formula is C18H24N2O3. The molecule has 0 atom stereocenters. The Morgan fingerprint density at radius 2 is 2.09 bits per heavy atom. The number of methoxy groups -OCH3 is 1. The van der Waals surface area contributed by atoms with Crippen molar-refractivity contribution in [1.82, 2.24) is 10.6 Å². The second-order valence-electron chi connectivity index (χ2n) is 6.29. The third kappa shape index (κ3) is 3.12. The molecule has 1 amide bonds. The van der Waals surface area contributed by atoms with Crippen LogP contribution >= 0.6 is 0 Å². The van der Waals surface area contributed by atoms with Crippen LogP contribution in [0.25, 0.3) is 11.0 Å². The molecule has 0 unspecified atom stereocenters. The number of fused-ring (bicyclic) bond motifs is 1. The summed E-state index contributed by atoms with van der Waals surface area (Å²) in [7, 11) is 1.65. The van der Waals surface area contributed by atoms with Crippen LogP contribution in [0.2, 0.25) is 0 Å². The van der Waals surface area contributed by atoms with Crippen LogP contribution in [0, 0.1) is 12.3 Å². The van der Waals surface area contributed by atoms with Gasteiger partial charge in [0.25, 0.3) is 0 Å². The Labute approximate surface area is 136 Å². The van der Waals surface area contributed by atoms with Crippen LogP contribution in [-0.4, -0.2) is 32.7 Å². The van der Waals surface area contributed by atoms with Crippen LogP contribution in [-0.2, 0) is 16.1 Å². The minimum Gasteiger partial charge on any atom is -0.459 e. The average molecular weight is 316 g/mol. The van der Waals surface area contributed by atoms with Gasteiger partial charge in [0.05, 0.1) is 18.6 Å². The molecule has 0 aliphatic carbocycles. The van der Waals surface area contributed by atoms with E-state index in [0.29, 0.717) is 13.2 Å². The summed E-state index contributed by atoms with van der Waals surface area (Å²) in [5.41, 5.74) is 1.52. The highest BCUT2D eigenvalue weighted by molar-refractivity contribution is 5.84. The molecule has 1 aromatic carbocycles. The van der Waals surface area contributed by atoms with Crippen LogP contribution in [0.5, 0.6) is 0 Å². The maximum Gasteiger partial charge on any atom is 0.229 e. The van der Waals surface area contributed by atoms with Crippen molar-refractivity contribution in [1.29, 1.82) is 0 Å². The third-order valence-electron chi connectivity index (χ3n) is 4.81.